The normalized spacial score (nSPS) is 18.8. The lowest BCUT2D eigenvalue weighted by Gasteiger charge is -2.19. The highest BCUT2D eigenvalue weighted by Crippen LogP contribution is 2.44. The maximum absolute atomic E-state index is 12.7. The first-order chi connectivity index (χ1) is 13.2. The molecule has 2 aliphatic carbocycles. The zero-order valence-electron chi connectivity index (χ0n) is 17.7. The maximum atomic E-state index is 12.7. The van der Waals surface area contributed by atoms with Crippen molar-refractivity contribution in [3.05, 3.63) is 29.8 Å². The van der Waals surface area contributed by atoms with E-state index >= 15 is 0 Å². The van der Waals surface area contributed by atoms with E-state index in [-0.39, 0.29) is 22.8 Å². The van der Waals surface area contributed by atoms with E-state index in [1.807, 2.05) is 12.1 Å². The van der Waals surface area contributed by atoms with Crippen molar-refractivity contribution in [3.63, 3.8) is 0 Å². The molecule has 1 atom stereocenters. The summed E-state index contributed by atoms with van der Waals surface area (Å²) in [5.41, 5.74) is 1.23. The molecule has 0 saturated heterocycles. The van der Waals surface area contributed by atoms with E-state index in [4.69, 9.17) is 9.47 Å². The van der Waals surface area contributed by atoms with Crippen LogP contribution in [0.5, 0.6) is 5.75 Å². The molecule has 1 aromatic rings. The number of hydrogen-bond donors (Lipinski definition) is 0. The average Bonchev–Trinajstić information content (AvgIpc) is 3.51. The van der Waals surface area contributed by atoms with Crippen LogP contribution < -0.4 is 4.74 Å². The molecule has 0 radical (unpaired) electrons. The summed E-state index contributed by atoms with van der Waals surface area (Å²) in [5.74, 6) is 2.61. The van der Waals surface area contributed by atoms with Gasteiger partial charge >= 0.3 is 0 Å². The van der Waals surface area contributed by atoms with Crippen LogP contribution in [0.25, 0.3) is 0 Å². The summed E-state index contributed by atoms with van der Waals surface area (Å²) in [5, 5.41) is 0. The SMILES string of the molecule is CC(C)(C)COCCCS(=O)(=O)CC(c1cccc(OCC2CC2)c1)C1CC1. The first-order valence-corrected chi connectivity index (χ1v) is 12.5. The third-order valence-electron chi connectivity index (χ3n) is 5.37. The van der Waals surface area contributed by atoms with Gasteiger partial charge in [-0.15, -0.1) is 0 Å². The van der Waals surface area contributed by atoms with Crippen LogP contribution >= 0.6 is 0 Å². The van der Waals surface area contributed by atoms with Gasteiger partial charge in [0.05, 0.1) is 24.7 Å². The maximum Gasteiger partial charge on any atom is 0.151 e. The van der Waals surface area contributed by atoms with Gasteiger partial charge in [0.25, 0.3) is 0 Å². The predicted octanol–water partition coefficient (Wildman–Crippen LogP) is 4.84. The second-order valence-electron chi connectivity index (χ2n) is 9.85. The van der Waals surface area contributed by atoms with E-state index < -0.39 is 9.84 Å². The molecule has 0 aromatic heterocycles. The van der Waals surface area contributed by atoms with Gasteiger partial charge in [0.15, 0.2) is 9.84 Å². The molecule has 0 spiro atoms. The number of ether oxygens (including phenoxy) is 2. The van der Waals surface area contributed by atoms with Gasteiger partial charge in [-0.25, -0.2) is 8.42 Å². The molecule has 2 saturated carbocycles. The Morgan fingerprint density at radius 2 is 1.89 bits per heavy atom. The lowest BCUT2D eigenvalue weighted by molar-refractivity contribution is 0.0720. The minimum atomic E-state index is -3.10. The molecular formula is C23H36O4S. The van der Waals surface area contributed by atoms with Gasteiger partial charge in [-0.1, -0.05) is 32.9 Å². The van der Waals surface area contributed by atoms with E-state index in [0.29, 0.717) is 31.5 Å². The molecule has 1 aromatic carbocycles. The van der Waals surface area contributed by atoms with Crippen molar-refractivity contribution in [1.82, 2.24) is 0 Å². The monoisotopic (exact) mass is 408 g/mol. The molecule has 2 aliphatic rings. The average molecular weight is 409 g/mol. The van der Waals surface area contributed by atoms with Crippen LogP contribution in [-0.2, 0) is 14.6 Å². The Balaban J connectivity index is 1.52. The highest BCUT2D eigenvalue weighted by atomic mass is 32.2. The summed E-state index contributed by atoms with van der Waals surface area (Å²) in [6.45, 7) is 8.30. The van der Waals surface area contributed by atoms with Crippen molar-refractivity contribution >= 4 is 9.84 Å². The number of benzene rings is 1. The van der Waals surface area contributed by atoms with Crippen molar-refractivity contribution in [2.45, 2.75) is 58.8 Å². The fourth-order valence-electron chi connectivity index (χ4n) is 3.45. The molecular weight excluding hydrogens is 372 g/mol. The molecule has 0 bridgehead atoms. The number of sulfone groups is 1. The Kier molecular flexibility index (Phi) is 7.08. The Morgan fingerprint density at radius 1 is 1.14 bits per heavy atom. The predicted molar refractivity (Wildman–Crippen MR) is 114 cm³/mol. The van der Waals surface area contributed by atoms with Crippen LogP contribution in [0.2, 0.25) is 0 Å². The van der Waals surface area contributed by atoms with Crippen molar-refractivity contribution in [2.75, 3.05) is 31.3 Å². The fraction of sp³-hybridized carbons (Fsp3) is 0.739. The molecule has 0 amide bonds. The Morgan fingerprint density at radius 3 is 2.54 bits per heavy atom. The molecule has 0 N–H and O–H groups in total. The Hall–Kier alpha value is -1.07. The Labute approximate surface area is 170 Å². The molecule has 5 heteroatoms. The zero-order chi connectivity index (χ0) is 20.2. The highest BCUT2D eigenvalue weighted by molar-refractivity contribution is 7.91. The van der Waals surface area contributed by atoms with E-state index in [2.05, 4.69) is 32.9 Å². The first-order valence-electron chi connectivity index (χ1n) is 10.7. The van der Waals surface area contributed by atoms with Crippen LogP contribution in [0, 0.1) is 17.3 Å². The second kappa shape index (κ2) is 9.17. The topological polar surface area (TPSA) is 52.6 Å². The van der Waals surface area contributed by atoms with Crippen LogP contribution in [-0.4, -0.2) is 39.7 Å². The van der Waals surface area contributed by atoms with Crippen LogP contribution in [0.15, 0.2) is 24.3 Å². The summed E-state index contributed by atoms with van der Waals surface area (Å²) in [7, 11) is -3.10. The van der Waals surface area contributed by atoms with E-state index in [9.17, 15) is 8.42 Å². The molecule has 4 nitrogen and oxygen atoms in total. The smallest absolute Gasteiger partial charge is 0.151 e. The second-order valence-corrected chi connectivity index (χ2v) is 12.1. The van der Waals surface area contributed by atoms with E-state index in [1.54, 1.807) is 0 Å². The lowest BCUT2D eigenvalue weighted by Crippen LogP contribution is -2.21. The van der Waals surface area contributed by atoms with E-state index in [1.165, 1.54) is 12.8 Å². The third kappa shape index (κ3) is 7.75. The third-order valence-corrected chi connectivity index (χ3v) is 7.15. The number of rotatable bonds is 12. The standard InChI is InChI=1S/C23H36O4S/c1-23(2,3)17-26-12-5-13-28(24,25)16-22(19-10-11-19)20-6-4-7-21(14-20)27-15-18-8-9-18/h4,6-7,14,18-19,22H,5,8-13,15-17H2,1-3H3. The van der Waals surface area contributed by atoms with Gasteiger partial charge < -0.3 is 9.47 Å². The molecule has 158 valence electrons. The minimum absolute atomic E-state index is 0.0879. The van der Waals surface area contributed by atoms with Crippen LogP contribution in [0.3, 0.4) is 0 Å². The highest BCUT2D eigenvalue weighted by Gasteiger charge is 2.35. The van der Waals surface area contributed by atoms with Crippen molar-refractivity contribution < 1.29 is 17.9 Å². The zero-order valence-corrected chi connectivity index (χ0v) is 18.5. The summed E-state index contributed by atoms with van der Waals surface area (Å²) in [4.78, 5) is 0. The van der Waals surface area contributed by atoms with Gasteiger partial charge in [0, 0.05) is 12.5 Å². The van der Waals surface area contributed by atoms with Gasteiger partial charge in [-0.3, -0.25) is 0 Å². The van der Waals surface area contributed by atoms with Gasteiger partial charge in [-0.2, -0.15) is 0 Å². The summed E-state index contributed by atoms with van der Waals surface area (Å²) >= 11 is 0. The quantitative estimate of drug-likeness (QED) is 0.465. The summed E-state index contributed by atoms with van der Waals surface area (Å²) in [6.07, 6.45) is 5.36. The van der Waals surface area contributed by atoms with Crippen LogP contribution in [0.1, 0.15) is 64.4 Å². The Bertz CT molecular complexity index is 727. The largest absolute Gasteiger partial charge is 0.493 e. The number of hydrogen-bond acceptors (Lipinski definition) is 4. The molecule has 3 rings (SSSR count). The minimum Gasteiger partial charge on any atom is -0.493 e. The molecule has 0 aliphatic heterocycles. The van der Waals surface area contributed by atoms with Gasteiger partial charge in [0.2, 0.25) is 0 Å². The first kappa shape index (κ1) is 21.6. The molecule has 28 heavy (non-hydrogen) atoms. The lowest BCUT2D eigenvalue weighted by atomic mass is 9.96. The van der Waals surface area contributed by atoms with Crippen molar-refractivity contribution in [2.24, 2.45) is 17.3 Å². The molecule has 2 fully saturated rings. The van der Waals surface area contributed by atoms with Crippen LogP contribution in [0.4, 0.5) is 0 Å². The van der Waals surface area contributed by atoms with Crippen molar-refractivity contribution in [1.29, 1.82) is 0 Å². The van der Waals surface area contributed by atoms with Gasteiger partial charge in [-0.05, 0) is 67.1 Å². The fourth-order valence-corrected chi connectivity index (χ4v) is 5.19. The van der Waals surface area contributed by atoms with Crippen molar-refractivity contribution in [3.8, 4) is 5.75 Å². The molecule has 1 unspecified atom stereocenters. The summed E-state index contributed by atoms with van der Waals surface area (Å²) < 4.78 is 37.0. The van der Waals surface area contributed by atoms with Gasteiger partial charge in [0.1, 0.15) is 5.75 Å². The molecule has 0 heterocycles. The van der Waals surface area contributed by atoms with E-state index in [0.717, 1.165) is 30.8 Å². The summed E-state index contributed by atoms with van der Waals surface area (Å²) in [6, 6.07) is 8.11.